The Kier molecular flexibility index (Phi) is 5.35. The largest absolute Gasteiger partial charge is 0.463 e. The van der Waals surface area contributed by atoms with Gasteiger partial charge in [0.15, 0.2) is 16.4 Å². The first-order chi connectivity index (χ1) is 15.1. The monoisotopic (exact) mass is 444 g/mol. The van der Waals surface area contributed by atoms with E-state index < -0.39 is 17.8 Å². The molecule has 10 heteroatoms. The molecule has 2 bridgehead atoms. The SMILES string of the molecule is CC(=O)OC[C@@]12COCC([C@H](n3cnc4c(Cl)ncnc43)O1)[C@H]2OCc1ccccc1. The number of imidazole rings is 1. The van der Waals surface area contributed by atoms with E-state index in [1.54, 1.807) is 6.33 Å². The molecule has 2 aromatic heterocycles. The molecule has 1 unspecified atom stereocenters. The summed E-state index contributed by atoms with van der Waals surface area (Å²) in [6, 6.07) is 9.89. The Hall–Kier alpha value is -2.59. The highest BCUT2D eigenvalue weighted by atomic mass is 35.5. The molecule has 0 spiro atoms. The zero-order valence-corrected chi connectivity index (χ0v) is 17.6. The van der Waals surface area contributed by atoms with Crippen LogP contribution >= 0.6 is 11.6 Å². The summed E-state index contributed by atoms with van der Waals surface area (Å²) < 4.78 is 25.9. The maximum absolute atomic E-state index is 11.6. The van der Waals surface area contributed by atoms with Crippen molar-refractivity contribution >= 4 is 28.7 Å². The topological polar surface area (TPSA) is 97.6 Å². The van der Waals surface area contributed by atoms with Gasteiger partial charge in [0.2, 0.25) is 0 Å². The van der Waals surface area contributed by atoms with Crippen LogP contribution in [-0.2, 0) is 30.3 Å². The second-order valence-corrected chi connectivity index (χ2v) is 8.10. The molecule has 0 saturated carbocycles. The molecule has 1 aromatic carbocycles. The third-order valence-electron chi connectivity index (χ3n) is 5.67. The smallest absolute Gasteiger partial charge is 0.302 e. The number of hydrogen-bond donors (Lipinski definition) is 0. The molecule has 162 valence electrons. The number of halogens is 1. The fourth-order valence-corrected chi connectivity index (χ4v) is 4.46. The van der Waals surface area contributed by atoms with E-state index in [2.05, 4.69) is 15.0 Å². The second kappa shape index (κ2) is 8.16. The zero-order valence-electron chi connectivity index (χ0n) is 16.8. The van der Waals surface area contributed by atoms with E-state index in [0.29, 0.717) is 24.4 Å². The van der Waals surface area contributed by atoms with Crippen molar-refractivity contribution in [3.63, 3.8) is 0 Å². The Morgan fingerprint density at radius 1 is 1.29 bits per heavy atom. The summed E-state index contributed by atoms with van der Waals surface area (Å²) in [6.07, 6.45) is 2.18. The average molecular weight is 445 g/mol. The number of aromatic nitrogens is 4. The van der Waals surface area contributed by atoms with Crippen LogP contribution in [0.25, 0.3) is 11.2 Å². The number of fused-ring (bicyclic) bond motifs is 3. The lowest BCUT2D eigenvalue weighted by Gasteiger charge is -2.37. The van der Waals surface area contributed by atoms with Gasteiger partial charge in [-0.1, -0.05) is 41.9 Å². The van der Waals surface area contributed by atoms with Gasteiger partial charge in [-0.15, -0.1) is 0 Å². The molecule has 5 rings (SSSR count). The van der Waals surface area contributed by atoms with Gasteiger partial charge in [-0.05, 0) is 5.56 Å². The van der Waals surface area contributed by atoms with Crippen LogP contribution in [0.5, 0.6) is 0 Å². The van der Waals surface area contributed by atoms with Gasteiger partial charge in [-0.3, -0.25) is 9.36 Å². The molecule has 2 aliphatic heterocycles. The molecule has 31 heavy (non-hydrogen) atoms. The minimum Gasteiger partial charge on any atom is -0.463 e. The van der Waals surface area contributed by atoms with Gasteiger partial charge in [0.1, 0.15) is 30.8 Å². The molecule has 3 aromatic rings. The maximum atomic E-state index is 11.6. The van der Waals surface area contributed by atoms with Crippen molar-refractivity contribution in [2.45, 2.75) is 31.5 Å². The molecule has 2 aliphatic rings. The van der Waals surface area contributed by atoms with E-state index in [4.69, 9.17) is 30.5 Å². The Balaban J connectivity index is 1.49. The molecule has 0 N–H and O–H groups in total. The Morgan fingerprint density at radius 3 is 2.94 bits per heavy atom. The predicted octanol–water partition coefficient (Wildman–Crippen LogP) is 2.54. The van der Waals surface area contributed by atoms with E-state index >= 15 is 0 Å². The molecular formula is C21H21ClN4O5. The van der Waals surface area contributed by atoms with Gasteiger partial charge in [-0.2, -0.15) is 0 Å². The number of esters is 1. The number of carbonyl (C=O) groups is 1. The Morgan fingerprint density at radius 2 is 2.13 bits per heavy atom. The molecule has 2 saturated heterocycles. The van der Waals surface area contributed by atoms with Crippen molar-refractivity contribution in [2.75, 3.05) is 19.8 Å². The summed E-state index contributed by atoms with van der Waals surface area (Å²) in [6.45, 7) is 2.46. The summed E-state index contributed by atoms with van der Waals surface area (Å²) in [5, 5.41) is 0.271. The first-order valence-electron chi connectivity index (χ1n) is 9.95. The third-order valence-corrected chi connectivity index (χ3v) is 5.94. The lowest BCUT2D eigenvalue weighted by atomic mass is 9.88. The molecule has 2 fully saturated rings. The lowest BCUT2D eigenvalue weighted by molar-refractivity contribution is -0.193. The standard InChI is InChI=1S/C21H21ClN4O5/c1-13(27)30-10-21-9-28-8-15(17(21)29-7-14-5-3-2-4-6-14)20(31-21)26-12-25-16-18(22)23-11-24-19(16)26/h2-6,11-12,15,17,20H,7-10H2,1H3/t15?,17-,20-,21-/m1/s1. The van der Waals surface area contributed by atoms with Crippen molar-refractivity contribution < 1.29 is 23.7 Å². The van der Waals surface area contributed by atoms with E-state index in [0.717, 1.165) is 5.56 Å². The highest BCUT2D eigenvalue weighted by Crippen LogP contribution is 2.48. The Labute approximate surface area is 183 Å². The fourth-order valence-electron chi connectivity index (χ4n) is 4.28. The first-order valence-corrected chi connectivity index (χ1v) is 10.3. The molecule has 0 aliphatic carbocycles. The summed E-state index contributed by atoms with van der Waals surface area (Å²) in [5.74, 6) is -0.558. The number of nitrogens with zero attached hydrogens (tertiary/aromatic N) is 4. The maximum Gasteiger partial charge on any atom is 0.302 e. The van der Waals surface area contributed by atoms with Crippen LogP contribution in [-0.4, -0.2) is 57.0 Å². The minimum absolute atomic E-state index is 0.0250. The second-order valence-electron chi connectivity index (χ2n) is 7.74. The molecular weight excluding hydrogens is 424 g/mol. The molecule has 4 atom stereocenters. The van der Waals surface area contributed by atoms with Gasteiger partial charge in [0, 0.05) is 6.92 Å². The van der Waals surface area contributed by atoms with Gasteiger partial charge in [0.05, 0.1) is 32.1 Å². The molecule has 9 nitrogen and oxygen atoms in total. The highest BCUT2D eigenvalue weighted by molar-refractivity contribution is 6.33. The van der Waals surface area contributed by atoms with Gasteiger partial charge < -0.3 is 18.9 Å². The zero-order chi connectivity index (χ0) is 21.4. The summed E-state index contributed by atoms with van der Waals surface area (Å²) in [7, 11) is 0. The number of carbonyl (C=O) groups excluding carboxylic acids is 1. The van der Waals surface area contributed by atoms with Crippen LogP contribution in [0.2, 0.25) is 5.15 Å². The van der Waals surface area contributed by atoms with Crippen molar-refractivity contribution in [3.05, 3.63) is 53.7 Å². The van der Waals surface area contributed by atoms with E-state index in [1.165, 1.54) is 13.3 Å². The summed E-state index contributed by atoms with van der Waals surface area (Å²) >= 11 is 6.17. The molecule has 4 heterocycles. The van der Waals surface area contributed by atoms with Crippen molar-refractivity contribution in [3.8, 4) is 0 Å². The van der Waals surface area contributed by atoms with Crippen LogP contribution < -0.4 is 0 Å². The van der Waals surface area contributed by atoms with Crippen LogP contribution in [0.1, 0.15) is 18.7 Å². The fraction of sp³-hybridized carbons (Fsp3) is 0.429. The van der Waals surface area contributed by atoms with Gasteiger partial charge >= 0.3 is 5.97 Å². The molecule has 0 amide bonds. The number of hydrogen-bond acceptors (Lipinski definition) is 8. The Bertz CT molecular complexity index is 1090. The van der Waals surface area contributed by atoms with Crippen LogP contribution in [0.3, 0.4) is 0 Å². The summed E-state index contributed by atoms with van der Waals surface area (Å²) in [5.41, 5.74) is 1.15. The first kappa shape index (κ1) is 20.3. The van der Waals surface area contributed by atoms with Crippen LogP contribution in [0, 0.1) is 5.92 Å². The highest BCUT2D eigenvalue weighted by Gasteiger charge is 2.60. The predicted molar refractivity (Wildman–Crippen MR) is 109 cm³/mol. The normalized spacial score (nSPS) is 27.5. The van der Waals surface area contributed by atoms with E-state index in [-0.39, 0.29) is 30.4 Å². The van der Waals surface area contributed by atoms with Crippen molar-refractivity contribution in [2.24, 2.45) is 5.92 Å². The van der Waals surface area contributed by atoms with Crippen LogP contribution in [0.15, 0.2) is 43.0 Å². The quantitative estimate of drug-likeness (QED) is 0.422. The van der Waals surface area contributed by atoms with Crippen molar-refractivity contribution in [1.82, 2.24) is 19.5 Å². The average Bonchev–Trinajstić information content (AvgIpc) is 3.27. The number of rotatable bonds is 6. The third kappa shape index (κ3) is 3.67. The van der Waals surface area contributed by atoms with Crippen LogP contribution in [0.4, 0.5) is 0 Å². The minimum atomic E-state index is -0.943. The molecule has 0 radical (unpaired) electrons. The van der Waals surface area contributed by atoms with E-state index in [1.807, 2.05) is 34.9 Å². The van der Waals surface area contributed by atoms with E-state index in [9.17, 15) is 4.79 Å². The summed E-state index contributed by atoms with van der Waals surface area (Å²) in [4.78, 5) is 24.2. The van der Waals surface area contributed by atoms with Crippen molar-refractivity contribution in [1.29, 1.82) is 0 Å². The number of ether oxygens (including phenoxy) is 4. The van der Waals surface area contributed by atoms with Gasteiger partial charge in [0.25, 0.3) is 0 Å². The van der Waals surface area contributed by atoms with Gasteiger partial charge in [-0.25, -0.2) is 15.0 Å². The number of benzene rings is 1. The lowest BCUT2D eigenvalue weighted by Crippen LogP contribution is -2.54.